The largest absolute Gasteiger partial charge is 0.311 e. The van der Waals surface area contributed by atoms with Crippen molar-refractivity contribution in [1.29, 1.82) is 0 Å². The quantitative estimate of drug-likeness (QED) is 0.104. The van der Waals surface area contributed by atoms with Gasteiger partial charge >= 0.3 is 0 Å². The number of pyridine rings is 1. The summed E-state index contributed by atoms with van der Waals surface area (Å²) in [5.41, 5.74) is 5.52. The van der Waals surface area contributed by atoms with Crippen LogP contribution in [0.15, 0.2) is 122 Å². The lowest BCUT2D eigenvalue weighted by molar-refractivity contribution is -0.697. The topological polar surface area (TPSA) is 61.5 Å². The molecular formula is C31H31N2O3S+. The first-order chi connectivity index (χ1) is 18.0. The summed E-state index contributed by atoms with van der Waals surface area (Å²) in [5.74, 6) is -0.193. The highest BCUT2D eigenvalue weighted by Crippen LogP contribution is 2.34. The zero-order valence-electron chi connectivity index (χ0n) is 20.6. The van der Waals surface area contributed by atoms with E-state index in [1.54, 1.807) is 0 Å². The van der Waals surface area contributed by atoms with Crippen LogP contribution in [0.5, 0.6) is 0 Å². The smallest absolute Gasteiger partial charge is 0.264 e. The lowest BCUT2D eigenvalue weighted by Crippen LogP contribution is -2.32. The molecule has 0 saturated carbocycles. The molecule has 0 bridgehead atoms. The highest BCUT2D eigenvalue weighted by atomic mass is 32.2. The fraction of sp³-hybridized carbons (Fsp3) is 0.129. The number of allylic oxidation sites excluding steroid dienone is 2. The molecule has 0 fully saturated rings. The molecule has 1 heterocycles. The number of aromatic nitrogens is 1. The zero-order chi connectivity index (χ0) is 25.9. The Hall–Kier alpha value is -4.00. The Bertz CT molecular complexity index is 1380. The number of anilines is 3. The van der Waals surface area contributed by atoms with Gasteiger partial charge < -0.3 is 4.90 Å². The van der Waals surface area contributed by atoms with E-state index in [9.17, 15) is 8.42 Å². The van der Waals surface area contributed by atoms with E-state index < -0.39 is 10.1 Å². The van der Waals surface area contributed by atoms with Crippen molar-refractivity contribution in [2.24, 2.45) is 0 Å². The monoisotopic (exact) mass is 511 g/mol. The van der Waals surface area contributed by atoms with Gasteiger partial charge in [0.25, 0.3) is 10.1 Å². The van der Waals surface area contributed by atoms with Crippen molar-refractivity contribution in [3.63, 3.8) is 0 Å². The first kappa shape index (κ1) is 26.1. The van der Waals surface area contributed by atoms with Crippen molar-refractivity contribution >= 4 is 39.3 Å². The Morgan fingerprint density at radius 3 is 1.65 bits per heavy atom. The molecule has 0 spiro atoms. The molecule has 6 heteroatoms. The van der Waals surface area contributed by atoms with Crippen molar-refractivity contribution in [1.82, 2.24) is 0 Å². The van der Waals surface area contributed by atoms with Gasteiger partial charge in [-0.25, -0.2) is 4.57 Å². The van der Waals surface area contributed by atoms with Gasteiger partial charge in [0, 0.05) is 35.6 Å². The fourth-order valence-corrected chi connectivity index (χ4v) is 4.55. The van der Waals surface area contributed by atoms with E-state index in [0.29, 0.717) is 19.4 Å². The van der Waals surface area contributed by atoms with Crippen LogP contribution in [-0.4, -0.2) is 18.7 Å². The number of para-hydroxylation sites is 2. The molecule has 0 aliphatic heterocycles. The van der Waals surface area contributed by atoms with Crippen LogP contribution in [-0.2, 0) is 16.7 Å². The first-order valence-electron chi connectivity index (χ1n) is 12.3. The van der Waals surface area contributed by atoms with Crippen molar-refractivity contribution in [2.75, 3.05) is 10.7 Å². The number of unbranched alkanes of at least 4 members (excludes halogenated alkanes) is 1. The van der Waals surface area contributed by atoms with Gasteiger partial charge in [0.2, 0.25) is 0 Å². The Morgan fingerprint density at radius 2 is 1.14 bits per heavy atom. The van der Waals surface area contributed by atoms with Crippen molar-refractivity contribution in [3.8, 4) is 0 Å². The maximum atomic E-state index is 10.8. The molecule has 0 saturated heterocycles. The minimum Gasteiger partial charge on any atom is -0.311 e. The molecule has 0 aliphatic rings. The molecule has 3 aromatic carbocycles. The van der Waals surface area contributed by atoms with Crippen molar-refractivity contribution < 1.29 is 17.5 Å². The Labute approximate surface area is 219 Å². The molecular weight excluding hydrogens is 480 g/mol. The van der Waals surface area contributed by atoms with E-state index in [4.69, 9.17) is 4.55 Å². The minimum absolute atomic E-state index is 0.193. The molecule has 188 valence electrons. The number of nitrogens with zero attached hydrogens (tertiary/aromatic N) is 2. The summed E-state index contributed by atoms with van der Waals surface area (Å²) in [6.07, 6.45) is 13.2. The van der Waals surface area contributed by atoms with Crippen LogP contribution in [0, 0.1) is 0 Å². The van der Waals surface area contributed by atoms with Crippen LogP contribution in [0.2, 0.25) is 0 Å². The predicted molar refractivity (Wildman–Crippen MR) is 151 cm³/mol. The Balaban J connectivity index is 1.35. The van der Waals surface area contributed by atoms with Gasteiger partial charge in [0.05, 0.1) is 5.75 Å². The number of hydrogen-bond acceptors (Lipinski definition) is 3. The normalized spacial score (nSPS) is 11.8. The molecule has 0 amide bonds. The Kier molecular flexibility index (Phi) is 9.03. The summed E-state index contributed by atoms with van der Waals surface area (Å²) in [5, 5.41) is 0. The second-order valence-electron chi connectivity index (χ2n) is 8.68. The standard InChI is InChI=1S/C31H30N2O3S/c34-37(35,36)26-10-9-23-32-24-21-28(22-25-32)12-8-7-11-27-17-19-31(20-18-27)33(29-13-3-1-4-14-29)30-15-5-2-6-16-30/h1-8,11-22,24-25H,9-10,23,26H2/p+1. The van der Waals surface area contributed by atoms with E-state index in [0.717, 1.165) is 28.2 Å². The number of benzene rings is 3. The van der Waals surface area contributed by atoms with Gasteiger partial charge in [-0.3, -0.25) is 4.55 Å². The van der Waals surface area contributed by atoms with Crippen LogP contribution in [0.3, 0.4) is 0 Å². The van der Waals surface area contributed by atoms with Gasteiger partial charge in [-0.05, 0) is 53.9 Å². The van der Waals surface area contributed by atoms with Gasteiger partial charge in [0.1, 0.15) is 6.54 Å². The van der Waals surface area contributed by atoms with Crippen molar-refractivity contribution in [2.45, 2.75) is 19.4 Å². The van der Waals surface area contributed by atoms with Crippen LogP contribution >= 0.6 is 0 Å². The van der Waals surface area contributed by atoms with Gasteiger partial charge in [-0.2, -0.15) is 8.42 Å². The van der Waals surface area contributed by atoms with E-state index >= 15 is 0 Å². The summed E-state index contributed by atoms with van der Waals surface area (Å²) in [6.45, 7) is 0.710. The van der Waals surface area contributed by atoms with Gasteiger partial charge in [-0.15, -0.1) is 0 Å². The van der Waals surface area contributed by atoms with E-state index in [2.05, 4.69) is 83.8 Å². The summed E-state index contributed by atoms with van der Waals surface area (Å²) < 4.78 is 32.4. The summed E-state index contributed by atoms with van der Waals surface area (Å²) in [7, 11) is -3.87. The Morgan fingerprint density at radius 1 is 0.649 bits per heavy atom. The van der Waals surface area contributed by atoms with Crippen LogP contribution < -0.4 is 9.47 Å². The van der Waals surface area contributed by atoms with Crippen LogP contribution in [0.1, 0.15) is 24.0 Å². The summed E-state index contributed by atoms with van der Waals surface area (Å²) >= 11 is 0. The molecule has 1 aromatic heterocycles. The molecule has 4 rings (SSSR count). The van der Waals surface area contributed by atoms with Gasteiger partial charge in [-0.1, -0.05) is 72.8 Å². The lowest BCUT2D eigenvalue weighted by atomic mass is 10.1. The molecule has 5 nitrogen and oxygen atoms in total. The molecule has 0 atom stereocenters. The molecule has 0 aliphatic carbocycles. The van der Waals surface area contributed by atoms with Crippen LogP contribution in [0.4, 0.5) is 17.1 Å². The highest BCUT2D eigenvalue weighted by molar-refractivity contribution is 7.85. The number of rotatable bonds is 11. The maximum Gasteiger partial charge on any atom is 0.264 e. The summed E-state index contributed by atoms with van der Waals surface area (Å²) in [4.78, 5) is 2.24. The number of hydrogen-bond donors (Lipinski definition) is 1. The molecule has 37 heavy (non-hydrogen) atoms. The third-order valence-corrected chi connectivity index (χ3v) is 6.66. The van der Waals surface area contributed by atoms with E-state index in [-0.39, 0.29) is 5.75 Å². The third-order valence-electron chi connectivity index (χ3n) is 5.85. The third kappa shape index (κ3) is 8.27. The predicted octanol–water partition coefficient (Wildman–Crippen LogP) is 6.84. The van der Waals surface area contributed by atoms with Gasteiger partial charge in [0.15, 0.2) is 12.4 Å². The van der Waals surface area contributed by atoms with E-state index in [1.807, 2.05) is 59.5 Å². The summed E-state index contributed by atoms with van der Waals surface area (Å²) in [6, 6.07) is 33.2. The second kappa shape index (κ2) is 12.8. The van der Waals surface area contributed by atoms with Crippen molar-refractivity contribution in [3.05, 3.63) is 133 Å². The number of aryl methyl sites for hydroxylation is 1. The highest BCUT2D eigenvalue weighted by Gasteiger charge is 2.11. The lowest BCUT2D eigenvalue weighted by Gasteiger charge is -2.25. The minimum atomic E-state index is -3.87. The molecule has 0 unspecified atom stereocenters. The first-order valence-corrected chi connectivity index (χ1v) is 13.9. The maximum absolute atomic E-state index is 10.8. The average Bonchev–Trinajstić information content (AvgIpc) is 2.92. The molecule has 4 aromatic rings. The van der Waals surface area contributed by atoms with Crippen LogP contribution in [0.25, 0.3) is 12.2 Å². The average molecular weight is 512 g/mol. The molecule has 0 radical (unpaired) electrons. The fourth-order valence-electron chi connectivity index (χ4n) is 3.98. The molecule has 1 N–H and O–H groups in total. The zero-order valence-corrected chi connectivity index (χ0v) is 21.4. The SMILES string of the molecule is O=S(=O)(O)CCCC[n+]1ccc(C=CC=Cc2ccc(N(c3ccccc3)c3ccccc3)cc2)cc1. The second-order valence-corrected chi connectivity index (χ2v) is 10.3. The van der Waals surface area contributed by atoms with E-state index in [1.165, 1.54) is 0 Å².